The van der Waals surface area contributed by atoms with Gasteiger partial charge in [-0.15, -0.1) is 0 Å². The summed E-state index contributed by atoms with van der Waals surface area (Å²) in [4.78, 5) is 56.3. The zero-order chi connectivity index (χ0) is 39.8. The molecule has 2 rings (SSSR count). The van der Waals surface area contributed by atoms with Crippen LogP contribution in [-0.4, -0.2) is 102 Å². The number of nitrogens with zero attached hydrogens (tertiary/aromatic N) is 2. The van der Waals surface area contributed by atoms with Crippen LogP contribution in [0.3, 0.4) is 0 Å². The Morgan fingerprint density at radius 1 is 1.06 bits per heavy atom. The van der Waals surface area contributed by atoms with Gasteiger partial charge in [-0.1, -0.05) is 75.7 Å². The Morgan fingerprint density at radius 3 is 2.19 bits per heavy atom. The third-order valence-electron chi connectivity index (χ3n) is 8.94. The van der Waals surface area contributed by atoms with Crippen molar-refractivity contribution >= 4 is 34.2 Å². The van der Waals surface area contributed by atoms with E-state index in [2.05, 4.69) is 21.3 Å². The molecular weight excluding hydrogens is 698 g/mol. The fraction of sp³-hybridized carbons (Fsp3) is 0.667. The summed E-state index contributed by atoms with van der Waals surface area (Å²) < 4.78 is 56.2. The van der Waals surface area contributed by atoms with Gasteiger partial charge in [0.1, 0.15) is 23.9 Å². The normalized spacial score (nSPS) is 19.3. The van der Waals surface area contributed by atoms with E-state index < -0.39 is 82.0 Å². The maximum absolute atomic E-state index is 14.4. The van der Waals surface area contributed by atoms with Crippen molar-refractivity contribution in [2.75, 3.05) is 33.5 Å². The van der Waals surface area contributed by atoms with Crippen molar-refractivity contribution in [3.63, 3.8) is 0 Å². The van der Waals surface area contributed by atoms with E-state index >= 15 is 0 Å². The number of nitrogens with one attached hydrogen (secondary N) is 4. The number of carbonyl (C=O) groups is 4. The summed E-state index contributed by atoms with van der Waals surface area (Å²) in [6, 6.07) is 1.76. The summed E-state index contributed by atoms with van der Waals surface area (Å²) in [7, 11) is -0.357. The number of ether oxygens (including phenoxy) is 1. The molecule has 1 fully saturated rings. The smallest absolute Gasteiger partial charge is 0.315 e. The van der Waals surface area contributed by atoms with Gasteiger partial charge >= 0.3 is 6.03 Å². The van der Waals surface area contributed by atoms with Crippen LogP contribution >= 0.6 is 0 Å². The summed E-state index contributed by atoms with van der Waals surface area (Å²) in [5.41, 5.74) is 0.173. The SMILES string of the molecule is COc1ccccc1CNC(=O)[C@H](CC(F)F)NC(=O)[C@@H]1CC(C=C(C)C)CN1C(=O)[C@@H](NC(=O)N[C@H](CN(C)[S+](C)(=O)O)C(C)(C)C)C(C)(C)C. The second-order valence-electron chi connectivity index (χ2n) is 15.9. The maximum Gasteiger partial charge on any atom is 0.315 e. The zero-order valence-corrected chi connectivity index (χ0v) is 33.2. The molecule has 294 valence electrons. The van der Waals surface area contributed by atoms with Gasteiger partial charge in [-0.05, 0) is 47.3 Å². The molecule has 0 aromatic heterocycles. The number of methoxy groups -OCH3 is 1. The average Bonchev–Trinajstić information content (AvgIpc) is 3.43. The molecule has 13 nitrogen and oxygen atoms in total. The lowest BCUT2D eigenvalue weighted by Gasteiger charge is -2.37. The molecule has 1 aromatic carbocycles. The summed E-state index contributed by atoms with van der Waals surface area (Å²) >= 11 is 0. The van der Waals surface area contributed by atoms with Crippen molar-refractivity contribution in [3.8, 4) is 5.75 Å². The van der Waals surface area contributed by atoms with E-state index in [0.29, 0.717) is 11.3 Å². The molecule has 0 spiro atoms. The predicted octanol–water partition coefficient (Wildman–Crippen LogP) is 4.21. The minimum absolute atomic E-state index is 0.0279. The predicted molar refractivity (Wildman–Crippen MR) is 198 cm³/mol. The van der Waals surface area contributed by atoms with E-state index in [1.165, 1.54) is 29.6 Å². The highest BCUT2D eigenvalue weighted by Crippen LogP contribution is 2.30. The van der Waals surface area contributed by atoms with Crippen LogP contribution in [0, 0.1) is 16.7 Å². The monoisotopic (exact) mass is 757 g/mol. The Hall–Kier alpha value is -3.63. The number of rotatable bonds is 15. The number of carbonyl (C=O) groups excluding carboxylic acids is 4. The van der Waals surface area contributed by atoms with Crippen molar-refractivity contribution < 1.29 is 41.5 Å². The summed E-state index contributed by atoms with van der Waals surface area (Å²) in [5.74, 6) is -1.90. The van der Waals surface area contributed by atoms with Crippen molar-refractivity contribution in [2.24, 2.45) is 16.7 Å². The first-order valence-electron chi connectivity index (χ1n) is 17.3. The number of allylic oxidation sites excluding steroid dienone is 1. The third kappa shape index (κ3) is 13.4. The van der Waals surface area contributed by atoms with Gasteiger partial charge in [0.15, 0.2) is 6.26 Å². The van der Waals surface area contributed by atoms with Crippen molar-refractivity contribution in [2.45, 2.75) is 105 Å². The van der Waals surface area contributed by atoms with Gasteiger partial charge < -0.3 is 30.9 Å². The highest BCUT2D eigenvalue weighted by molar-refractivity contribution is 7.94. The largest absolute Gasteiger partial charge is 0.496 e. The van der Waals surface area contributed by atoms with Gasteiger partial charge in [-0.3, -0.25) is 14.4 Å². The van der Waals surface area contributed by atoms with Gasteiger partial charge in [0.2, 0.25) is 24.1 Å². The molecule has 2 unspecified atom stereocenters. The number of halogens is 2. The van der Waals surface area contributed by atoms with Crippen molar-refractivity contribution in [1.82, 2.24) is 30.5 Å². The fourth-order valence-electron chi connectivity index (χ4n) is 5.86. The molecule has 0 saturated carbocycles. The van der Waals surface area contributed by atoms with Gasteiger partial charge in [0, 0.05) is 32.1 Å². The summed E-state index contributed by atoms with van der Waals surface area (Å²) in [6.45, 7) is 14.8. The lowest BCUT2D eigenvalue weighted by atomic mass is 9.85. The van der Waals surface area contributed by atoms with Crippen LogP contribution in [0.5, 0.6) is 5.75 Å². The lowest BCUT2D eigenvalue weighted by Crippen LogP contribution is -2.62. The van der Waals surface area contributed by atoms with E-state index in [0.717, 1.165) is 5.57 Å². The van der Waals surface area contributed by atoms with Gasteiger partial charge in [-0.2, -0.15) is 4.55 Å². The first-order chi connectivity index (χ1) is 23.8. The van der Waals surface area contributed by atoms with Crippen LogP contribution < -0.4 is 26.0 Å². The highest BCUT2D eigenvalue weighted by atomic mass is 32.3. The van der Waals surface area contributed by atoms with Crippen molar-refractivity contribution in [3.05, 3.63) is 41.5 Å². The third-order valence-corrected chi connectivity index (χ3v) is 10.2. The second-order valence-corrected chi connectivity index (χ2v) is 18.0. The molecule has 16 heteroatoms. The molecule has 5 amide bonds. The Morgan fingerprint density at radius 2 is 1.67 bits per heavy atom. The summed E-state index contributed by atoms with van der Waals surface area (Å²) in [5, 5.41) is 10.7. The van der Waals surface area contributed by atoms with Crippen molar-refractivity contribution in [1.29, 1.82) is 0 Å². The number of likely N-dealkylation sites (tertiary alicyclic amines) is 1. The number of likely N-dealkylation sites (N-methyl/N-ethyl adjacent to an activating group) is 1. The number of benzene rings is 1. The minimum Gasteiger partial charge on any atom is -0.496 e. The van der Waals surface area contributed by atoms with Gasteiger partial charge in [0.05, 0.1) is 19.7 Å². The van der Waals surface area contributed by atoms with Crippen LogP contribution in [0.25, 0.3) is 0 Å². The van der Waals surface area contributed by atoms with Gasteiger partial charge in [-0.25, -0.2) is 13.6 Å². The van der Waals surface area contributed by atoms with Crippen LogP contribution in [0.4, 0.5) is 13.6 Å². The Kier molecular flexibility index (Phi) is 15.8. The average molecular weight is 758 g/mol. The molecule has 0 radical (unpaired) electrons. The van der Waals surface area contributed by atoms with E-state index in [9.17, 15) is 36.7 Å². The molecule has 52 heavy (non-hydrogen) atoms. The minimum atomic E-state index is -3.30. The van der Waals surface area contributed by atoms with E-state index in [-0.39, 0.29) is 32.0 Å². The quantitative estimate of drug-likeness (QED) is 0.132. The van der Waals surface area contributed by atoms with Crippen LogP contribution in [0.15, 0.2) is 35.9 Å². The molecule has 0 bridgehead atoms. The van der Waals surface area contributed by atoms with E-state index in [1.807, 2.05) is 40.7 Å². The highest BCUT2D eigenvalue weighted by Gasteiger charge is 2.45. The number of alkyl halides is 2. The fourth-order valence-corrected chi connectivity index (χ4v) is 6.29. The topological polar surface area (TPSA) is 169 Å². The standard InChI is InChI=1S/C36H58F2N6O7S/c1-22(2)16-23-17-26(32(46)40-25(18-29(37)38)31(45)39-19-24-14-12-13-15-27(24)51-10)44(20-23)33(47)30(36(6,7)8)42-34(48)41-28(35(3,4)5)21-43(9)52(11,49)50/h12-16,23,25-26,28-30H,17-21H2,1-11H3,(H4-,39,40,41,42,45,46,48,49,50)/p+1/t23?,25-,26-,28+,30+/m0/s1. The zero-order valence-electron chi connectivity index (χ0n) is 32.3. The molecule has 1 heterocycles. The molecule has 1 aromatic rings. The maximum atomic E-state index is 14.4. The number of hydrogen-bond donors (Lipinski definition) is 5. The number of hydrogen-bond acceptors (Lipinski definition) is 6. The second kappa shape index (κ2) is 18.4. The first-order valence-corrected chi connectivity index (χ1v) is 19.2. The number of para-hydroxylation sites is 1. The molecule has 5 N–H and O–H groups in total. The Balaban J connectivity index is 2.36. The molecular formula is C36H59F2N6O7S+. The molecule has 1 saturated heterocycles. The number of urea groups is 1. The van der Waals surface area contributed by atoms with Crippen LogP contribution in [0.1, 0.15) is 73.8 Å². The van der Waals surface area contributed by atoms with E-state index in [1.54, 1.807) is 45.0 Å². The summed E-state index contributed by atoms with van der Waals surface area (Å²) in [6.07, 6.45) is -0.579. The Bertz CT molecular complexity index is 1490. The molecule has 1 aliphatic rings. The number of amides is 5. The van der Waals surface area contributed by atoms with Gasteiger partial charge in [0.25, 0.3) is 10.4 Å². The molecule has 0 aliphatic carbocycles. The first kappa shape index (κ1) is 44.5. The molecule has 1 aliphatic heterocycles. The lowest BCUT2D eigenvalue weighted by molar-refractivity contribution is -0.142. The Labute approximate surface area is 308 Å². The van der Waals surface area contributed by atoms with Crippen LogP contribution in [0.2, 0.25) is 0 Å². The van der Waals surface area contributed by atoms with E-state index in [4.69, 9.17) is 4.74 Å². The molecule has 6 atom stereocenters. The van der Waals surface area contributed by atoms with Crippen LogP contribution in [-0.2, 0) is 35.5 Å².